The van der Waals surface area contributed by atoms with Crippen molar-refractivity contribution in [2.24, 2.45) is 7.05 Å². The Morgan fingerprint density at radius 2 is 2.22 bits per heavy atom. The average Bonchev–Trinajstić information content (AvgIpc) is 3.03. The van der Waals surface area contributed by atoms with Gasteiger partial charge in [-0.25, -0.2) is 0 Å². The first-order valence-electron chi connectivity index (χ1n) is 6.84. The third kappa shape index (κ3) is 3.34. The molecule has 0 aliphatic rings. The topological polar surface area (TPSA) is 99.1 Å². The Morgan fingerprint density at radius 1 is 1.57 bits per heavy atom. The molecule has 0 spiro atoms. The van der Waals surface area contributed by atoms with Crippen LogP contribution >= 0.6 is 11.6 Å². The third-order valence-electron chi connectivity index (χ3n) is 3.59. The van der Waals surface area contributed by atoms with E-state index in [-0.39, 0.29) is 18.3 Å². The highest BCUT2D eigenvalue weighted by molar-refractivity contribution is 6.31. The number of nitrogens with zero attached hydrogens (tertiary/aromatic N) is 6. The van der Waals surface area contributed by atoms with Gasteiger partial charge in [0.1, 0.15) is 6.04 Å². The molecule has 2 aromatic heterocycles. The normalized spacial score (nSPS) is 12.2. The third-order valence-corrected chi connectivity index (χ3v) is 3.91. The van der Waals surface area contributed by atoms with Crippen molar-refractivity contribution >= 4 is 23.3 Å². The summed E-state index contributed by atoms with van der Waals surface area (Å²) in [6.07, 6.45) is 1.51. The first kappa shape index (κ1) is 16.9. The standard InChI is InChI=1S/C13H17ClN6O3/c1-8-5-12(20(22)23)16-19(8)9(2)13(21)17(3)7-11-10(14)6-15-18(11)4/h5-6,9H,7H2,1-4H3. The van der Waals surface area contributed by atoms with Crippen molar-refractivity contribution in [3.63, 3.8) is 0 Å². The van der Waals surface area contributed by atoms with E-state index in [2.05, 4.69) is 10.2 Å². The Kier molecular flexibility index (Phi) is 4.69. The number of carbonyl (C=O) groups excluding carboxylic acids is 1. The van der Waals surface area contributed by atoms with E-state index in [9.17, 15) is 14.9 Å². The van der Waals surface area contributed by atoms with E-state index in [1.54, 1.807) is 32.6 Å². The second-order valence-electron chi connectivity index (χ2n) is 5.28. The molecule has 0 saturated carbocycles. The Hall–Kier alpha value is -2.42. The Bertz CT molecular complexity index is 733. The number of aromatic nitrogens is 4. The monoisotopic (exact) mass is 340 g/mol. The lowest BCUT2D eigenvalue weighted by molar-refractivity contribution is -0.389. The molecule has 1 atom stereocenters. The van der Waals surface area contributed by atoms with Crippen LogP contribution in [0.5, 0.6) is 0 Å². The number of hydrogen-bond donors (Lipinski definition) is 0. The van der Waals surface area contributed by atoms with Gasteiger partial charge in [0.15, 0.2) is 0 Å². The molecule has 2 heterocycles. The van der Waals surface area contributed by atoms with E-state index >= 15 is 0 Å². The number of aryl methyl sites for hydroxylation is 2. The summed E-state index contributed by atoms with van der Waals surface area (Å²) in [7, 11) is 3.37. The number of rotatable bonds is 5. The summed E-state index contributed by atoms with van der Waals surface area (Å²) in [5.74, 6) is -0.511. The predicted octanol–water partition coefficient (Wildman–Crippen LogP) is 1.71. The fourth-order valence-electron chi connectivity index (χ4n) is 2.29. The quantitative estimate of drug-likeness (QED) is 0.609. The van der Waals surface area contributed by atoms with Crippen LogP contribution < -0.4 is 0 Å². The first-order valence-corrected chi connectivity index (χ1v) is 7.22. The molecule has 0 bridgehead atoms. The minimum absolute atomic E-state index is 0.233. The maximum atomic E-state index is 12.5. The Labute approximate surface area is 137 Å². The zero-order chi connectivity index (χ0) is 17.3. The Balaban J connectivity index is 2.17. The van der Waals surface area contributed by atoms with Gasteiger partial charge in [0.2, 0.25) is 5.91 Å². The number of hydrogen-bond acceptors (Lipinski definition) is 5. The van der Waals surface area contributed by atoms with Crippen LogP contribution in [0, 0.1) is 17.0 Å². The minimum Gasteiger partial charge on any atom is -0.358 e. The molecule has 2 rings (SSSR count). The maximum Gasteiger partial charge on any atom is 0.390 e. The lowest BCUT2D eigenvalue weighted by atomic mass is 10.2. The van der Waals surface area contributed by atoms with Crippen molar-refractivity contribution in [2.45, 2.75) is 26.4 Å². The maximum absolute atomic E-state index is 12.5. The number of amides is 1. The summed E-state index contributed by atoms with van der Waals surface area (Å²) in [6, 6.07) is 0.669. The molecule has 9 nitrogen and oxygen atoms in total. The smallest absolute Gasteiger partial charge is 0.358 e. The molecule has 124 valence electrons. The number of carbonyl (C=O) groups is 1. The van der Waals surface area contributed by atoms with Crippen molar-refractivity contribution in [2.75, 3.05) is 7.05 Å². The predicted molar refractivity (Wildman–Crippen MR) is 83.0 cm³/mol. The van der Waals surface area contributed by atoms with Crippen LogP contribution in [0.15, 0.2) is 12.3 Å². The number of halogens is 1. The van der Waals surface area contributed by atoms with Crippen LogP contribution in [0.3, 0.4) is 0 Å². The Morgan fingerprint density at radius 3 is 2.70 bits per heavy atom. The lowest BCUT2D eigenvalue weighted by Crippen LogP contribution is -2.34. The van der Waals surface area contributed by atoms with E-state index in [1.165, 1.54) is 21.8 Å². The van der Waals surface area contributed by atoms with Gasteiger partial charge in [0, 0.05) is 14.1 Å². The fraction of sp³-hybridized carbons (Fsp3) is 0.462. The van der Waals surface area contributed by atoms with Gasteiger partial charge in [-0.2, -0.15) is 9.78 Å². The highest BCUT2D eigenvalue weighted by Gasteiger charge is 2.27. The second-order valence-corrected chi connectivity index (χ2v) is 5.69. The summed E-state index contributed by atoms with van der Waals surface area (Å²) >= 11 is 6.04. The van der Waals surface area contributed by atoms with Crippen molar-refractivity contribution in [3.05, 3.63) is 38.8 Å². The van der Waals surface area contributed by atoms with Crippen LogP contribution in [0.25, 0.3) is 0 Å². The number of nitro groups is 1. The van der Waals surface area contributed by atoms with Gasteiger partial charge in [0.25, 0.3) is 0 Å². The molecular formula is C13H17ClN6O3. The van der Waals surface area contributed by atoms with Gasteiger partial charge in [-0.3, -0.25) is 9.48 Å². The van der Waals surface area contributed by atoms with Crippen molar-refractivity contribution in [3.8, 4) is 0 Å². The average molecular weight is 341 g/mol. The highest BCUT2D eigenvalue weighted by Crippen LogP contribution is 2.20. The molecule has 1 amide bonds. The largest absolute Gasteiger partial charge is 0.390 e. The van der Waals surface area contributed by atoms with E-state index in [1.807, 2.05) is 0 Å². The van der Waals surface area contributed by atoms with E-state index in [0.717, 1.165) is 0 Å². The summed E-state index contributed by atoms with van der Waals surface area (Å²) in [5, 5.41) is 19.2. The van der Waals surface area contributed by atoms with Crippen molar-refractivity contribution in [1.29, 1.82) is 0 Å². The summed E-state index contributed by atoms with van der Waals surface area (Å²) < 4.78 is 2.95. The molecule has 0 aliphatic heterocycles. The lowest BCUT2D eigenvalue weighted by Gasteiger charge is -2.21. The van der Waals surface area contributed by atoms with Crippen LogP contribution in [0.1, 0.15) is 24.4 Å². The molecule has 0 saturated heterocycles. The van der Waals surface area contributed by atoms with Gasteiger partial charge in [0.05, 0.1) is 40.3 Å². The molecule has 2 aromatic rings. The molecule has 0 aliphatic carbocycles. The number of likely N-dealkylation sites (N-methyl/N-ethyl adjacent to an activating group) is 1. The zero-order valence-electron chi connectivity index (χ0n) is 13.2. The molecule has 0 radical (unpaired) electrons. The van der Waals surface area contributed by atoms with Gasteiger partial charge in [-0.15, -0.1) is 0 Å². The molecular weight excluding hydrogens is 324 g/mol. The molecule has 0 N–H and O–H groups in total. The van der Waals surface area contributed by atoms with Gasteiger partial charge < -0.3 is 15.0 Å². The highest BCUT2D eigenvalue weighted by atomic mass is 35.5. The van der Waals surface area contributed by atoms with E-state index in [0.29, 0.717) is 16.4 Å². The van der Waals surface area contributed by atoms with Crippen molar-refractivity contribution in [1.82, 2.24) is 24.5 Å². The molecule has 10 heteroatoms. The van der Waals surface area contributed by atoms with Crippen LogP contribution in [-0.2, 0) is 18.4 Å². The second kappa shape index (κ2) is 6.37. The summed E-state index contributed by atoms with van der Waals surface area (Å²) in [6.45, 7) is 3.59. The van der Waals surface area contributed by atoms with Gasteiger partial charge in [-0.05, 0) is 18.8 Å². The first-order chi connectivity index (χ1) is 10.7. The van der Waals surface area contributed by atoms with E-state index in [4.69, 9.17) is 11.6 Å². The summed E-state index contributed by atoms with van der Waals surface area (Å²) in [5.41, 5.74) is 1.25. The molecule has 23 heavy (non-hydrogen) atoms. The van der Waals surface area contributed by atoms with Crippen molar-refractivity contribution < 1.29 is 9.72 Å². The fourth-order valence-corrected chi connectivity index (χ4v) is 2.52. The van der Waals surface area contributed by atoms with Crippen LogP contribution in [-0.4, -0.2) is 42.3 Å². The van der Waals surface area contributed by atoms with Crippen LogP contribution in [0.4, 0.5) is 5.82 Å². The van der Waals surface area contributed by atoms with Crippen LogP contribution in [0.2, 0.25) is 5.02 Å². The molecule has 0 fully saturated rings. The molecule has 1 unspecified atom stereocenters. The van der Waals surface area contributed by atoms with E-state index < -0.39 is 11.0 Å². The SMILES string of the molecule is Cc1cc([N+](=O)[O-])nn1C(C)C(=O)N(C)Cc1c(Cl)cnn1C. The van der Waals surface area contributed by atoms with Gasteiger partial charge >= 0.3 is 5.82 Å². The molecule has 0 aromatic carbocycles. The zero-order valence-corrected chi connectivity index (χ0v) is 14.0. The minimum atomic E-state index is -0.666. The van der Waals surface area contributed by atoms with Gasteiger partial charge in [-0.1, -0.05) is 11.6 Å². The summed E-state index contributed by atoms with van der Waals surface area (Å²) in [4.78, 5) is 24.2.